The number of carbonyl (C=O) groups excluding carboxylic acids is 2. The van der Waals surface area contributed by atoms with Crippen LogP contribution in [0.4, 0.5) is 0 Å². The zero-order chi connectivity index (χ0) is 10.6. The van der Waals surface area contributed by atoms with Gasteiger partial charge in [0.15, 0.2) is 0 Å². The van der Waals surface area contributed by atoms with Gasteiger partial charge < -0.3 is 9.47 Å². The minimum atomic E-state index is -0.665. The molecule has 1 aliphatic heterocycles. The highest BCUT2D eigenvalue weighted by Crippen LogP contribution is 2.14. The number of rotatable bonds is 4. The van der Waals surface area contributed by atoms with E-state index in [-0.39, 0.29) is 11.9 Å². The number of carbonyl (C=O) groups is 2. The SMILES string of the molecule is CCCC(C)C(=O)OC1CCOC1=O. The van der Waals surface area contributed by atoms with E-state index in [9.17, 15) is 9.59 Å². The quantitative estimate of drug-likeness (QED) is 0.641. The van der Waals surface area contributed by atoms with Gasteiger partial charge in [-0.1, -0.05) is 20.3 Å². The summed E-state index contributed by atoms with van der Waals surface area (Å²) in [5, 5.41) is 0. The van der Waals surface area contributed by atoms with Gasteiger partial charge in [0.2, 0.25) is 6.10 Å². The molecule has 1 saturated heterocycles. The van der Waals surface area contributed by atoms with Crippen LogP contribution in [-0.2, 0) is 19.1 Å². The van der Waals surface area contributed by atoms with Gasteiger partial charge >= 0.3 is 11.9 Å². The third kappa shape index (κ3) is 2.72. The Bertz CT molecular complexity index is 224. The minimum absolute atomic E-state index is 0.131. The fourth-order valence-corrected chi connectivity index (χ4v) is 1.39. The fraction of sp³-hybridized carbons (Fsp3) is 0.800. The summed E-state index contributed by atoms with van der Waals surface area (Å²) in [5.74, 6) is -0.842. The first kappa shape index (κ1) is 11.0. The van der Waals surface area contributed by atoms with E-state index in [1.54, 1.807) is 0 Å². The van der Waals surface area contributed by atoms with E-state index in [4.69, 9.17) is 4.74 Å². The van der Waals surface area contributed by atoms with Crippen molar-refractivity contribution in [3.8, 4) is 0 Å². The lowest BCUT2D eigenvalue weighted by molar-refractivity contribution is -0.163. The average molecular weight is 200 g/mol. The molecule has 4 heteroatoms. The predicted molar refractivity (Wildman–Crippen MR) is 49.5 cm³/mol. The summed E-state index contributed by atoms with van der Waals surface area (Å²) >= 11 is 0. The molecule has 4 nitrogen and oxygen atoms in total. The molecule has 0 spiro atoms. The first-order valence-corrected chi connectivity index (χ1v) is 5.02. The third-order valence-corrected chi connectivity index (χ3v) is 2.27. The molecule has 0 aromatic carbocycles. The summed E-state index contributed by atoms with van der Waals surface area (Å²) < 4.78 is 9.71. The van der Waals surface area contributed by atoms with Crippen LogP contribution < -0.4 is 0 Å². The highest BCUT2D eigenvalue weighted by atomic mass is 16.6. The van der Waals surface area contributed by atoms with Crippen molar-refractivity contribution >= 4 is 11.9 Å². The van der Waals surface area contributed by atoms with Crippen LogP contribution in [0.2, 0.25) is 0 Å². The van der Waals surface area contributed by atoms with E-state index in [2.05, 4.69) is 4.74 Å². The van der Waals surface area contributed by atoms with Crippen LogP contribution in [0.1, 0.15) is 33.1 Å². The molecule has 0 aromatic heterocycles. The largest absolute Gasteiger partial charge is 0.463 e. The van der Waals surface area contributed by atoms with Crippen molar-refractivity contribution in [2.75, 3.05) is 6.61 Å². The summed E-state index contributed by atoms with van der Waals surface area (Å²) in [5.41, 5.74) is 0. The Morgan fingerprint density at radius 3 is 2.93 bits per heavy atom. The second-order valence-electron chi connectivity index (χ2n) is 3.57. The summed E-state index contributed by atoms with van der Waals surface area (Å²) in [6.45, 7) is 4.18. The maximum absolute atomic E-state index is 11.4. The minimum Gasteiger partial charge on any atom is -0.463 e. The van der Waals surface area contributed by atoms with Gasteiger partial charge in [0.25, 0.3) is 0 Å². The molecule has 0 aliphatic carbocycles. The van der Waals surface area contributed by atoms with Gasteiger partial charge in [0, 0.05) is 6.42 Å². The number of hydrogen-bond acceptors (Lipinski definition) is 4. The molecule has 80 valence electrons. The molecule has 2 atom stereocenters. The lowest BCUT2D eigenvalue weighted by Crippen LogP contribution is -2.26. The molecule has 1 aliphatic rings. The first-order chi connectivity index (χ1) is 6.65. The summed E-state index contributed by atoms with van der Waals surface area (Å²) in [6, 6.07) is 0. The van der Waals surface area contributed by atoms with Crippen molar-refractivity contribution in [1.29, 1.82) is 0 Å². The molecule has 1 heterocycles. The number of cyclic esters (lactones) is 1. The third-order valence-electron chi connectivity index (χ3n) is 2.27. The second-order valence-corrected chi connectivity index (χ2v) is 3.57. The molecule has 1 rings (SSSR count). The summed E-state index contributed by atoms with van der Waals surface area (Å²) in [7, 11) is 0. The van der Waals surface area contributed by atoms with E-state index in [0.717, 1.165) is 12.8 Å². The molecule has 0 radical (unpaired) electrons. The van der Waals surface area contributed by atoms with Crippen molar-refractivity contribution in [3.63, 3.8) is 0 Å². The zero-order valence-corrected chi connectivity index (χ0v) is 8.62. The molecule has 1 fully saturated rings. The lowest BCUT2D eigenvalue weighted by Gasteiger charge is -2.12. The van der Waals surface area contributed by atoms with Gasteiger partial charge in [-0.15, -0.1) is 0 Å². The molecule has 14 heavy (non-hydrogen) atoms. The maximum atomic E-state index is 11.4. The van der Waals surface area contributed by atoms with Gasteiger partial charge in [0.05, 0.1) is 12.5 Å². The summed E-state index contributed by atoms with van der Waals surface area (Å²) in [4.78, 5) is 22.4. The van der Waals surface area contributed by atoms with Crippen LogP contribution >= 0.6 is 0 Å². The van der Waals surface area contributed by atoms with Gasteiger partial charge in [-0.05, 0) is 6.42 Å². The highest BCUT2D eigenvalue weighted by molar-refractivity contribution is 5.81. The number of ether oxygens (including phenoxy) is 2. The smallest absolute Gasteiger partial charge is 0.347 e. The van der Waals surface area contributed by atoms with Crippen LogP contribution in [0, 0.1) is 5.92 Å². The predicted octanol–water partition coefficient (Wildman–Crippen LogP) is 1.28. The van der Waals surface area contributed by atoms with Crippen LogP contribution in [0.5, 0.6) is 0 Å². The highest BCUT2D eigenvalue weighted by Gasteiger charge is 2.31. The van der Waals surface area contributed by atoms with E-state index in [1.807, 2.05) is 13.8 Å². The Morgan fingerprint density at radius 1 is 1.71 bits per heavy atom. The van der Waals surface area contributed by atoms with E-state index in [1.165, 1.54) is 0 Å². The first-order valence-electron chi connectivity index (χ1n) is 5.02. The topological polar surface area (TPSA) is 52.6 Å². The Labute approximate surface area is 83.6 Å². The molecular formula is C10H16O4. The Kier molecular flexibility index (Phi) is 3.92. The van der Waals surface area contributed by atoms with Crippen molar-refractivity contribution in [2.24, 2.45) is 5.92 Å². The van der Waals surface area contributed by atoms with Crippen molar-refractivity contribution < 1.29 is 19.1 Å². The van der Waals surface area contributed by atoms with Crippen molar-refractivity contribution in [3.05, 3.63) is 0 Å². The molecule has 0 amide bonds. The van der Waals surface area contributed by atoms with Gasteiger partial charge in [0.1, 0.15) is 0 Å². The van der Waals surface area contributed by atoms with Crippen LogP contribution in [0.25, 0.3) is 0 Å². The van der Waals surface area contributed by atoms with E-state index in [0.29, 0.717) is 13.0 Å². The second kappa shape index (κ2) is 4.98. The number of hydrogen-bond donors (Lipinski definition) is 0. The van der Waals surface area contributed by atoms with Crippen LogP contribution in [0.15, 0.2) is 0 Å². The summed E-state index contributed by atoms with van der Waals surface area (Å²) in [6.07, 6.45) is 1.55. The van der Waals surface area contributed by atoms with Gasteiger partial charge in [-0.3, -0.25) is 4.79 Å². The number of esters is 2. The van der Waals surface area contributed by atoms with Crippen LogP contribution in [-0.4, -0.2) is 24.6 Å². The van der Waals surface area contributed by atoms with Gasteiger partial charge in [-0.25, -0.2) is 4.79 Å². The molecular weight excluding hydrogens is 184 g/mol. The molecule has 0 bridgehead atoms. The molecule has 0 saturated carbocycles. The molecule has 0 N–H and O–H groups in total. The maximum Gasteiger partial charge on any atom is 0.347 e. The van der Waals surface area contributed by atoms with E-state index < -0.39 is 12.1 Å². The van der Waals surface area contributed by atoms with Crippen molar-refractivity contribution in [1.82, 2.24) is 0 Å². The zero-order valence-electron chi connectivity index (χ0n) is 8.62. The lowest BCUT2D eigenvalue weighted by atomic mass is 10.1. The monoisotopic (exact) mass is 200 g/mol. The molecule has 2 unspecified atom stereocenters. The fourth-order valence-electron chi connectivity index (χ4n) is 1.39. The Hall–Kier alpha value is -1.06. The Morgan fingerprint density at radius 2 is 2.43 bits per heavy atom. The van der Waals surface area contributed by atoms with Gasteiger partial charge in [-0.2, -0.15) is 0 Å². The van der Waals surface area contributed by atoms with Crippen LogP contribution in [0.3, 0.4) is 0 Å². The standard InChI is InChI=1S/C10H16O4/c1-3-4-7(2)9(11)14-8-5-6-13-10(8)12/h7-8H,3-6H2,1-2H3. The van der Waals surface area contributed by atoms with Crippen molar-refractivity contribution in [2.45, 2.75) is 39.2 Å². The Balaban J connectivity index is 2.36. The normalized spacial score (nSPS) is 23.0. The average Bonchev–Trinajstić information content (AvgIpc) is 2.52. The molecule has 0 aromatic rings. The van der Waals surface area contributed by atoms with E-state index >= 15 is 0 Å².